The molecule has 0 amide bonds. The summed E-state index contributed by atoms with van der Waals surface area (Å²) in [6.07, 6.45) is 6.83. The maximum Gasteiger partial charge on any atom is 0.0966 e. The van der Waals surface area contributed by atoms with E-state index in [4.69, 9.17) is 4.74 Å². The average molecular weight is 271 g/mol. The lowest BCUT2D eigenvalue weighted by molar-refractivity contribution is 0.0941. The minimum atomic E-state index is -0.484. The molecule has 3 rings (SSSR count). The van der Waals surface area contributed by atoms with Crippen molar-refractivity contribution in [1.82, 2.24) is 4.98 Å². The molecule has 3 nitrogen and oxygen atoms in total. The fourth-order valence-electron chi connectivity index (χ4n) is 2.96. The molecule has 3 heteroatoms. The largest absolute Gasteiger partial charge is 0.387 e. The summed E-state index contributed by atoms with van der Waals surface area (Å²) in [5, 5.41) is 12.6. The van der Waals surface area contributed by atoms with Crippen LogP contribution in [0, 0.1) is 0 Å². The van der Waals surface area contributed by atoms with Crippen LogP contribution in [0.1, 0.15) is 43.9 Å². The summed E-state index contributed by atoms with van der Waals surface area (Å²) >= 11 is 0. The van der Waals surface area contributed by atoms with Gasteiger partial charge in [0.2, 0.25) is 0 Å². The Kier molecular flexibility index (Phi) is 4.28. The Bertz CT molecular complexity index is 558. The predicted molar refractivity (Wildman–Crippen MR) is 79.5 cm³/mol. The van der Waals surface area contributed by atoms with Gasteiger partial charge in [0.15, 0.2) is 0 Å². The summed E-state index contributed by atoms with van der Waals surface area (Å²) in [6.45, 7) is 0.901. The fraction of sp³-hybridized carbons (Fsp3) is 0.471. The number of aliphatic hydroxyl groups excluding tert-OH is 1. The molecule has 1 N–H and O–H groups in total. The van der Waals surface area contributed by atoms with Gasteiger partial charge in [0.1, 0.15) is 0 Å². The van der Waals surface area contributed by atoms with E-state index >= 15 is 0 Å². The molecule has 2 heterocycles. The van der Waals surface area contributed by atoms with E-state index in [1.54, 1.807) is 6.20 Å². The summed E-state index contributed by atoms with van der Waals surface area (Å²) in [4.78, 5) is 4.38. The van der Waals surface area contributed by atoms with Crippen LogP contribution in [0.4, 0.5) is 0 Å². The Morgan fingerprint density at radius 3 is 3.05 bits per heavy atom. The maximum absolute atomic E-state index is 10.4. The van der Waals surface area contributed by atoms with Crippen LogP contribution in [0.15, 0.2) is 36.5 Å². The van der Waals surface area contributed by atoms with Crippen LogP contribution < -0.4 is 0 Å². The molecule has 0 radical (unpaired) electrons. The topological polar surface area (TPSA) is 42.4 Å². The molecule has 0 bridgehead atoms. The molecule has 2 atom stereocenters. The van der Waals surface area contributed by atoms with Gasteiger partial charge in [-0.05, 0) is 43.6 Å². The molecule has 1 saturated heterocycles. The molecule has 1 aliphatic rings. The quantitative estimate of drug-likeness (QED) is 0.903. The number of ether oxygens (including phenoxy) is 1. The van der Waals surface area contributed by atoms with Gasteiger partial charge in [0, 0.05) is 18.2 Å². The van der Waals surface area contributed by atoms with Crippen molar-refractivity contribution in [2.24, 2.45) is 0 Å². The first kappa shape index (κ1) is 13.5. The SMILES string of the molecule is OC(CCCC1CCCO1)c1nccc2ccccc12. The number of fused-ring (bicyclic) bond motifs is 1. The molecule has 1 fully saturated rings. The van der Waals surface area contributed by atoms with Crippen molar-refractivity contribution < 1.29 is 9.84 Å². The van der Waals surface area contributed by atoms with E-state index in [1.807, 2.05) is 24.3 Å². The molecule has 1 aromatic heterocycles. The molecule has 1 aromatic carbocycles. The Morgan fingerprint density at radius 1 is 1.30 bits per heavy atom. The third-order valence-corrected chi connectivity index (χ3v) is 4.05. The first-order chi connectivity index (χ1) is 9.84. The molecule has 0 aliphatic carbocycles. The number of hydrogen-bond donors (Lipinski definition) is 1. The van der Waals surface area contributed by atoms with E-state index in [0.717, 1.165) is 42.3 Å². The van der Waals surface area contributed by atoms with E-state index in [1.165, 1.54) is 12.8 Å². The summed E-state index contributed by atoms with van der Waals surface area (Å²) in [5.41, 5.74) is 0.801. The molecule has 2 aromatic rings. The van der Waals surface area contributed by atoms with E-state index in [0.29, 0.717) is 6.10 Å². The minimum Gasteiger partial charge on any atom is -0.387 e. The summed E-state index contributed by atoms with van der Waals surface area (Å²) in [7, 11) is 0. The molecule has 106 valence electrons. The smallest absolute Gasteiger partial charge is 0.0966 e. The number of aromatic nitrogens is 1. The first-order valence-corrected chi connectivity index (χ1v) is 7.48. The molecule has 0 saturated carbocycles. The van der Waals surface area contributed by atoms with Crippen LogP contribution in [0.25, 0.3) is 10.8 Å². The number of aliphatic hydroxyl groups is 1. The van der Waals surface area contributed by atoms with E-state index in [9.17, 15) is 5.11 Å². The third kappa shape index (κ3) is 3.00. The number of benzene rings is 1. The normalized spacial score (nSPS) is 20.4. The minimum absolute atomic E-state index is 0.405. The van der Waals surface area contributed by atoms with Crippen LogP contribution in [0.2, 0.25) is 0 Å². The first-order valence-electron chi connectivity index (χ1n) is 7.48. The van der Waals surface area contributed by atoms with E-state index in [-0.39, 0.29) is 0 Å². The lowest BCUT2D eigenvalue weighted by atomic mass is 10.0. The fourth-order valence-corrected chi connectivity index (χ4v) is 2.96. The van der Waals surface area contributed by atoms with Gasteiger partial charge >= 0.3 is 0 Å². The van der Waals surface area contributed by atoms with Gasteiger partial charge in [-0.25, -0.2) is 0 Å². The van der Waals surface area contributed by atoms with E-state index in [2.05, 4.69) is 11.1 Å². The lowest BCUT2D eigenvalue weighted by Crippen LogP contribution is -2.07. The van der Waals surface area contributed by atoms with E-state index < -0.39 is 6.10 Å². The second-order valence-electron chi connectivity index (χ2n) is 5.50. The van der Waals surface area contributed by atoms with Crippen molar-refractivity contribution in [3.05, 3.63) is 42.2 Å². The highest BCUT2D eigenvalue weighted by Crippen LogP contribution is 2.26. The standard InChI is InChI=1S/C17H21NO2/c19-16(9-3-6-14-7-4-12-20-14)17-15-8-2-1-5-13(15)10-11-18-17/h1-2,5,8,10-11,14,16,19H,3-4,6-7,9,12H2. The van der Waals surface area contributed by atoms with Gasteiger partial charge in [0.25, 0.3) is 0 Å². The Hall–Kier alpha value is -1.45. The average Bonchev–Trinajstić information content (AvgIpc) is 3.00. The number of hydrogen-bond acceptors (Lipinski definition) is 3. The lowest BCUT2D eigenvalue weighted by Gasteiger charge is -2.14. The Balaban J connectivity index is 1.64. The molecular formula is C17H21NO2. The predicted octanol–water partition coefficient (Wildman–Crippen LogP) is 3.62. The van der Waals surface area contributed by atoms with Crippen LogP contribution in [0.3, 0.4) is 0 Å². The van der Waals surface area contributed by atoms with Gasteiger partial charge < -0.3 is 9.84 Å². The van der Waals surface area contributed by atoms with Crippen LogP contribution >= 0.6 is 0 Å². The molecule has 20 heavy (non-hydrogen) atoms. The molecule has 2 unspecified atom stereocenters. The summed E-state index contributed by atoms with van der Waals surface area (Å²) < 4.78 is 5.61. The van der Waals surface area contributed by atoms with Crippen LogP contribution in [0.5, 0.6) is 0 Å². The van der Waals surface area contributed by atoms with Gasteiger partial charge in [-0.15, -0.1) is 0 Å². The van der Waals surface area contributed by atoms with Gasteiger partial charge in [0.05, 0.1) is 17.9 Å². The van der Waals surface area contributed by atoms with Gasteiger partial charge in [-0.1, -0.05) is 24.3 Å². The highest BCUT2D eigenvalue weighted by atomic mass is 16.5. The maximum atomic E-state index is 10.4. The third-order valence-electron chi connectivity index (χ3n) is 4.05. The van der Waals surface area contributed by atoms with Gasteiger partial charge in [-0.3, -0.25) is 4.98 Å². The summed E-state index contributed by atoms with van der Waals surface area (Å²) in [5.74, 6) is 0. The highest BCUT2D eigenvalue weighted by molar-refractivity contribution is 5.84. The van der Waals surface area contributed by atoms with Gasteiger partial charge in [-0.2, -0.15) is 0 Å². The molecule has 0 spiro atoms. The zero-order valence-electron chi connectivity index (χ0n) is 11.7. The van der Waals surface area contributed by atoms with Crippen LogP contribution in [-0.2, 0) is 4.74 Å². The highest BCUT2D eigenvalue weighted by Gasteiger charge is 2.17. The van der Waals surface area contributed by atoms with Crippen molar-refractivity contribution in [3.63, 3.8) is 0 Å². The van der Waals surface area contributed by atoms with Crippen molar-refractivity contribution >= 4 is 10.8 Å². The molecular weight excluding hydrogens is 250 g/mol. The zero-order chi connectivity index (χ0) is 13.8. The van der Waals surface area contributed by atoms with Crippen LogP contribution in [-0.4, -0.2) is 22.8 Å². The second kappa shape index (κ2) is 6.33. The number of rotatable bonds is 5. The van der Waals surface area contributed by atoms with Crippen molar-refractivity contribution in [3.8, 4) is 0 Å². The van der Waals surface area contributed by atoms with Crippen molar-refractivity contribution in [2.45, 2.75) is 44.3 Å². The summed E-state index contributed by atoms with van der Waals surface area (Å²) in [6, 6.07) is 10.1. The monoisotopic (exact) mass is 271 g/mol. The van der Waals surface area contributed by atoms with Crippen molar-refractivity contribution in [1.29, 1.82) is 0 Å². The number of pyridine rings is 1. The number of nitrogens with zero attached hydrogens (tertiary/aromatic N) is 1. The zero-order valence-corrected chi connectivity index (χ0v) is 11.7. The van der Waals surface area contributed by atoms with Crippen molar-refractivity contribution in [2.75, 3.05) is 6.61 Å². The Labute approximate surface area is 119 Å². The Morgan fingerprint density at radius 2 is 2.20 bits per heavy atom. The second-order valence-corrected chi connectivity index (χ2v) is 5.50. The molecule has 1 aliphatic heterocycles.